The second-order valence-corrected chi connectivity index (χ2v) is 8.55. The van der Waals surface area contributed by atoms with Crippen LogP contribution >= 0.6 is 0 Å². The quantitative estimate of drug-likeness (QED) is 0.842. The fraction of sp³-hybridized carbons (Fsp3) is 0.389. The Morgan fingerprint density at radius 1 is 1.32 bits per heavy atom. The average molecular weight is 362 g/mol. The van der Waals surface area contributed by atoms with Gasteiger partial charge in [0.15, 0.2) is 0 Å². The normalized spacial score (nSPS) is 25.0. The van der Waals surface area contributed by atoms with Crippen LogP contribution in [0.4, 0.5) is 0 Å². The van der Waals surface area contributed by atoms with Crippen LogP contribution in [0, 0.1) is 5.92 Å². The van der Waals surface area contributed by atoms with Gasteiger partial charge < -0.3 is 9.84 Å². The summed E-state index contributed by atoms with van der Waals surface area (Å²) in [5.41, 5.74) is 1.28. The lowest BCUT2D eigenvalue weighted by Crippen LogP contribution is -2.38. The van der Waals surface area contributed by atoms with Crippen molar-refractivity contribution in [3.05, 3.63) is 54.2 Å². The number of aliphatic hydroxyl groups is 1. The molecule has 3 atom stereocenters. The molecule has 0 spiro atoms. The van der Waals surface area contributed by atoms with Gasteiger partial charge >= 0.3 is 0 Å². The van der Waals surface area contributed by atoms with Crippen molar-refractivity contribution in [2.75, 3.05) is 13.2 Å². The third-order valence-electron chi connectivity index (χ3n) is 4.84. The Morgan fingerprint density at radius 2 is 2.04 bits per heavy atom. The zero-order chi connectivity index (χ0) is 18.1. The molecular weight excluding hydrogens is 340 g/mol. The van der Waals surface area contributed by atoms with E-state index in [2.05, 4.69) is 4.98 Å². The standard InChI is InChI=1S/C18H22N2O4S/c1-13(25(19,22)23)10-16-11-24-12-18(16,21)15-7-5-14(6-8-15)17-4-2-3-9-20-17/h2-9,13,16,21H,10-12H2,1H3,(H2,19,22,23). The van der Waals surface area contributed by atoms with Gasteiger partial charge in [-0.2, -0.15) is 0 Å². The van der Waals surface area contributed by atoms with Crippen molar-refractivity contribution in [3.8, 4) is 11.3 Å². The molecule has 25 heavy (non-hydrogen) atoms. The first kappa shape index (κ1) is 18.0. The van der Waals surface area contributed by atoms with Gasteiger partial charge in [0.25, 0.3) is 0 Å². The van der Waals surface area contributed by atoms with Gasteiger partial charge in [0.1, 0.15) is 5.60 Å². The van der Waals surface area contributed by atoms with E-state index in [0.29, 0.717) is 12.2 Å². The van der Waals surface area contributed by atoms with Crippen LogP contribution < -0.4 is 5.14 Å². The number of sulfonamides is 1. The molecule has 0 radical (unpaired) electrons. The van der Waals surface area contributed by atoms with Crippen molar-refractivity contribution in [2.45, 2.75) is 24.2 Å². The molecule has 1 aromatic heterocycles. The van der Waals surface area contributed by atoms with Crippen molar-refractivity contribution >= 4 is 10.0 Å². The number of aromatic nitrogens is 1. The number of pyridine rings is 1. The summed E-state index contributed by atoms with van der Waals surface area (Å²) in [4.78, 5) is 4.31. The highest BCUT2D eigenvalue weighted by Gasteiger charge is 2.45. The average Bonchev–Trinajstić information content (AvgIpc) is 2.97. The van der Waals surface area contributed by atoms with Gasteiger partial charge in [-0.05, 0) is 31.0 Å². The molecule has 2 aromatic rings. The maximum atomic E-state index is 11.5. The molecule has 1 saturated heterocycles. The van der Waals surface area contributed by atoms with Gasteiger partial charge in [-0.25, -0.2) is 13.6 Å². The molecule has 1 aliphatic heterocycles. The van der Waals surface area contributed by atoms with Gasteiger partial charge in [0, 0.05) is 17.7 Å². The first-order valence-electron chi connectivity index (χ1n) is 8.14. The number of nitrogens with zero attached hydrogens (tertiary/aromatic N) is 1. The van der Waals surface area contributed by atoms with Crippen molar-refractivity contribution in [1.82, 2.24) is 4.98 Å². The smallest absolute Gasteiger partial charge is 0.211 e. The number of benzene rings is 1. The topological polar surface area (TPSA) is 103 Å². The van der Waals surface area contributed by atoms with Gasteiger partial charge in [-0.1, -0.05) is 30.3 Å². The third-order valence-corrected chi connectivity index (χ3v) is 6.15. The summed E-state index contributed by atoms with van der Waals surface area (Å²) in [7, 11) is -3.64. The van der Waals surface area contributed by atoms with Gasteiger partial charge in [-0.15, -0.1) is 0 Å². The van der Waals surface area contributed by atoms with E-state index in [1.807, 2.05) is 42.5 Å². The highest BCUT2D eigenvalue weighted by Crippen LogP contribution is 2.39. The van der Waals surface area contributed by atoms with E-state index in [1.165, 1.54) is 0 Å². The Hall–Kier alpha value is -1.80. The summed E-state index contributed by atoms with van der Waals surface area (Å²) in [6.07, 6.45) is 1.98. The zero-order valence-electron chi connectivity index (χ0n) is 14.0. The molecule has 0 bridgehead atoms. The molecule has 0 saturated carbocycles. The van der Waals surface area contributed by atoms with E-state index in [9.17, 15) is 13.5 Å². The zero-order valence-corrected chi connectivity index (χ0v) is 14.8. The van der Waals surface area contributed by atoms with Crippen LogP contribution in [0.2, 0.25) is 0 Å². The highest BCUT2D eigenvalue weighted by molar-refractivity contribution is 7.89. The maximum absolute atomic E-state index is 11.5. The molecule has 7 heteroatoms. The molecule has 134 valence electrons. The monoisotopic (exact) mass is 362 g/mol. The van der Waals surface area contributed by atoms with Crippen LogP contribution in [0.3, 0.4) is 0 Å². The van der Waals surface area contributed by atoms with E-state index in [4.69, 9.17) is 9.88 Å². The van der Waals surface area contributed by atoms with E-state index < -0.39 is 20.9 Å². The fourth-order valence-corrected chi connectivity index (χ4v) is 3.69. The molecule has 6 nitrogen and oxygen atoms in total. The number of ether oxygens (including phenoxy) is 1. The number of primary sulfonamides is 1. The third kappa shape index (κ3) is 3.74. The summed E-state index contributed by atoms with van der Waals surface area (Å²) in [6.45, 7) is 1.99. The summed E-state index contributed by atoms with van der Waals surface area (Å²) in [6, 6.07) is 13.2. The Labute approximate surface area is 147 Å². The van der Waals surface area contributed by atoms with Crippen LogP contribution in [0.5, 0.6) is 0 Å². The van der Waals surface area contributed by atoms with E-state index >= 15 is 0 Å². The minimum atomic E-state index is -3.64. The van der Waals surface area contributed by atoms with Gasteiger partial charge in [-0.3, -0.25) is 4.98 Å². The minimum absolute atomic E-state index is 0.137. The first-order valence-corrected chi connectivity index (χ1v) is 9.75. The Bertz CT molecular complexity index is 824. The molecule has 2 heterocycles. The summed E-state index contributed by atoms with van der Waals surface area (Å²) >= 11 is 0. The summed E-state index contributed by atoms with van der Waals surface area (Å²) < 4.78 is 28.5. The van der Waals surface area contributed by atoms with Crippen LogP contribution in [-0.2, 0) is 20.4 Å². The lowest BCUT2D eigenvalue weighted by Gasteiger charge is -2.30. The molecule has 0 aliphatic carbocycles. The largest absolute Gasteiger partial charge is 0.382 e. The SMILES string of the molecule is CC(CC1COCC1(O)c1ccc(-c2ccccn2)cc1)S(N)(=O)=O. The Kier molecular flexibility index (Phi) is 4.92. The maximum Gasteiger partial charge on any atom is 0.211 e. The summed E-state index contributed by atoms with van der Waals surface area (Å²) in [5, 5.41) is 15.6. The number of rotatable bonds is 5. The van der Waals surface area contributed by atoms with E-state index in [0.717, 1.165) is 11.3 Å². The van der Waals surface area contributed by atoms with E-state index in [-0.39, 0.29) is 18.9 Å². The van der Waals surface area contributed by atoms with Crippen LogP contribution in [0.25, 0.3) is 11.3 Å². The number of nitrogens with two attached hydrogens (primary N) is 1. The molecule has 1 aromatic carbocycles. The minimum Gasteiger partial charge on any atom is -0.382 e. The number of hydrogen-bond acceptors (Lipinski definition) is 5. The Balaban J connectivity index is 1.84. The summed E-state index contributed by atoms with van der Waals surface area (Å²) in [5.74, 6) is -0.332. The van der Waals surface area contributed by atoms with Gasteiger partial charge in [0.05, 0.1) is 24.2 Å². The van der Waals surface area contributed by atoms with Crippen molar-refractivity contribution in [2.24, 2.45) is 11.1 Å². The van der Waals surface area contributed by atoms with Crippen molar-refractivity contribution in [1.29, 1.82) is 0 Å². The lowest BCUT2D eigenvalue weighted by atomic mass is 9.81. The molecule has 1 aliphatic rings. The molecule has 3 N–H and O–H groups in total. The predicted octanol–water partition coefficient (Wildman–Crippen LogP) is 1.65. The van der Waals surface area contributed by atoms with Crippen LogP contribution in [0.15, 0.2) is 48.7 Å². The fourth-order valence-electron chi connectivity index (χ4n) is 3.19. The predicted molar refractivity (Wildman–Crippen MR) is 95.1 cm³/mol. The molecular formula is C18H22N2O4S. The molecule has 0 amide bonds. The number of hydrogen-bond donors (Lipinski definition) is 2. The molecule has 3 unspecified atom stereocenters. The highest BCUT2D eigenvalue weighted by atomic mass is 32.2. The second kappa shape index (κ2) is 6.84. The Morgan fingerprint density at radius 3 is 2.64 bits per heavy atom. The van der Waals surface area contributed by atoms with Crippen molar-refractivity contribution < 1.29 is 18.3 Å². The van der Waals surface area contributed by atoms with Crippen LogP contribution in [0.1, 0.15) is 18.9 Å². The first-order chi connectivity index (χ1) is 11.8. The van der Waals surface area contributed by atoms with E-state index in [1.54, 1.807) is 13.1 Å². The van der Waals surface area contributed by atoms with Crippen LogP contribution in [-0.4, -0.2) is 37.0 Å². The van der Waals surface area contributed by atoms with Crippen molar-refractivity contribution in [3.63, 3.8) is 0 Å². The molecule has 3 rings (SSSR count). The lowest BCUT2D eigenvalue weighted by molar-refractivity contribution is -0.00577. The second-order valence-electron chi connectivity index (χ2n) is 6.56. The molecule has 1 fully saturated rings. The van der Waals surface area contributed by atoms with Gasteiger partial charge in [0.2, 0.25) is 10.0 Å².